The first-order valence-electron chi connectivity index (χ1n) is 14.8. The van der Waals surface area contributed by atoms with Crippen molar-refractivity contribution in [1.29, 1.82) is 0 Å². The summed E-state index contributed by atoms with van der Waals surface area (Å²) in [6.45, 7) is 1.81. The van der Waals surface area contributed by atoms with Crippen molar-refractivity contribution in [3.05, 3.63) is 144 Å². The van der Waals surface area contributed by atoms with E-state index in [0.717, 1.165) is 38.9 Å². The zero-order valence-electron chi connectivity index (χ0n) is 23.3. The highest BCUT2D eigenvalue weighted by Gasteiger charge is 2.14. The van der Waals surface area contributed by atoms with E-state index in [0.29, 0.717) is 11.8 Å². The maximum absolute atomic E-state index is 6.12. The average molecular weight is 553 g/mol. The lowest BCUT2D eigenvalue weighted by Gasteiger charge is -2.18. The van der Waals surface area contributed by atoms with Crippen LogP contribution in [0.15, 0.2) is 121 Å². The van der Waals surface area contributed by atoms with Crippen LogP contribution in [0.5, 0.6) is 0 Å². The van der Waals surface area contributed by atoms with E-state index in [1.165, 1.54) is 40.8 Å². The molecule has 0 unspecified atom stereocenters. The lowest BCUT2D eigenvalue weighted by Crippen LogP contribution is -2.07. The predicted molar refractivity (Wildman–Crippen MR) is 171 cm³/mol. The van der Waals surface area contributed by atoms with Crippen LogP contribution in [0.25, 0.3) is 0 Å². The molecule has 0 atom stereocenters. The lowest BCUT2D eigenvalue weighted by atomic mass is 9.88. The van der Waals surface area contributed by atoms with E-state index in [2.05, 4.69) is 121 Å². The molecule has 4 heteroatoms. The Morgan fingerprint density at radius 1 is 0.410 bits per heavy atom. The molecule has 0 spiro atoms. The van der Waals surface area contributed by atoms with Crippen LogP contribution in [0.4, 0.5) is 0 Å². The third-order valence-corrected chi connectivity index (χ3v) is 10.2. The van der Waals surface area contributed by atoms with Crippen LogP contribution in [0.2, 0.25) is 12.1 Å². The quantitative estimate of drug-likeness (QED) is 0.0933. The summed E-state index contributed by atoms with van der Waals surface area (Å²) >= 11 is 0. The molecule has 0 aliphatic rings. The van der Waals surface area contributed by atoms with Crippen LogP contribution in [0, 0.1) is 0 Å². The van der Waals surface area contributed by atoms with E-state index < -0.39 is 19.5 Å². The van der Waals surface area contributed by atoms with Gasteiger partial charge in [-0.25, -0.2) is 0 Å². The third-order valence-electron chi connectivity index (χ3n) is 7.45. The van der Waals surface area contributed by atoms with Gasteiger partial charge in [0.25, 0.3) is 0 Å². The fourth-order valence-electron chi connectivity index (χ4n) is 5.36. The Kier molecular flexibility index (Phi) is 13.3. The fourth-order valence-corrected chi connectivity index (χ4v) is 8.41. The van der Waals surface area contributed by atoms with E-state index in [4.69, 9.17) is 8.85 Å². The molecule has 0 radical (unpaired) electrons. The van der Waals surface area contributed by atoms with Crippen LogP contribution in [0.3, 0.4) is 0 Å². The van der Waals surface area contributed by atoms with E-state index in [1.54, 1.807) is 0 Å². The zero-order valence-corrected chi connectivity index (χ0v) is 26.1. The Bertz CT molecular complexity index is 968. The lowest BCUT2D eigenvalue weighted by molar-refractivity contribution is 0.316. The van der Waals surface area contributed by atoms with Crippen molar-refractivity contribution < 1.29 is 8.85 Å². The first-order valence-corrected chi connectivity index (χ1v) is 17.9. The van der Waals surface area contributed by atoms with Crippen molar-refractivity contribution in [3.63, 3.8) is 0 Å². The molecule has 0 aliphatic carbocycles. The molecule has 4 aromatic carbocycles. The molecule has 0 N–H and O–H groups in total. The standard InChI is InChI=1S/C35H44O2Si2/c1-5-16-30(17-6-1)34(31-18-7-2-8-19-31)24-13-26-36-38-28-15-29-39-37-27-14-25-35(32-20-9-3-10-21-32)33-22-11-4-12-23-33/h1-12,16-23,34-35H,13-15,24-29,38-39H2. The van der Waals surface area contributed by atoms with Gasteiger partial charge in [-0.05, 0) is 60.0 Å². The number of hydrogen-bond acceptors (Lipinski definition) is 2. The molecule has 0 saturated carbocycles. The molecule has 0 heterocycles. The SMILES string of the molecule is c1ccc(C(CCCO[SiH2]CCC[SiH2]OCCCC(c2ccccc2)c2ccccc2)c2ccccc2)cc1. The van der Waals surface area contributed by atoms with Gasteiger partial charge in [-0.15, -0.1) is 0 Å². The molecule has 2 nitrogen and oxygen atoms in total. The van der Waals surface area contributed by atoms with E-state index >= 15 is 0 Å². The Balaban J connectivity index is 1.04. The Morgan fingerprint density at radius 2 is 0.718 bits per heavy atom. The van der Waals surface area contributed by atoms with E-state index in [-0.39, 0.29) is 0 Å². The van der Waals surface area contributed by atoms with Crippen molar-refractivity contribution in [2.24, 2.45) is 0 Å². The monoisotopic (exact) mass is 552 g/mol. The van der Waals surface area contributed by atoms with E-state index in [1.807, 2.05) is 0 Å². The zero-order chi connectivity index (χ0) is 26.8. The van der Waals surface area contributed by atoms with Gasteiger partial charge in [0.2, 0.25) is 0 Å². The molecule has 0 fully saturated rings. The summed E-state index contributed by atoms with van der Waals surface area (Å²) in [4.78, 5) is 0. The van der Waals surface area contributed by atoms with Crippen molar-refractivity contribution in [3.8, 4) is 0 Å². The van der Waals surface area contributed by atoms with Gasteiger partial charge in [0.1, 0.15) is 0 Å². The second-order valence-electron chi connectivity index (χ2n) is 10.3. The summed E-state index contributed by atoms with van der Waals surface area (Å²) in [6.07, 6.45) is 5.79. The topological polar surface area (TPSA) is 18.5 Å². The second-order valence-corrected chi connectivity index (χ2v) is 13.4. The van der Waals surface area contributed by atoms with Crippen molar-refractivity contribution >= 4 is 19.5 Å². The molecular formula is C35H44O2Si2. The smallest absolute Gasteiger partial charge is 0.161 e. The minimum atomic E-state index is -0.407. The van der Waals surface area contributed by atoms with Gasteiger partial charge in [0.05, 0.1) is 0 Å². The summed E-state index contributed by atoms with van der Waals surface area (Å²) in [5, 5.41) is 0. The molecule has 4 aromatic rings. The molecular weight excluding hydrogens is 509 g/mol. The van der Waals surface area contributed by atoms with Gasteiger partial charge < -0.3 is 8.85 Å². The Morgan fingerprint density at radius 3 is 1.03 bits per heavy atom. The first kappa shape index (κ1) is 29.2. The molecule has 0 aromatic heterocycles. The van der Waals surface area contributed by atoms with Crippen LogP contribution in [0.1, 0.15) is 66.2 Å². The van der Waals surface area contributed by atoms with Crippen LogP contribution >= 0.6 is 0 Å². The van der Waals surface area contributed by atoms with Gasteiger partial charge in [0.15, 0.2) is 19.5 Å². The maximum Gasteiger partial charge on any atom is 0.161 e. The van der Waals surface area contributed by atoms with Gasteiger partial charge in [0, 0.05) is 25.0 Å². The molecule has 0 aliphatic heterocycles. The number of benzene rings is 4. The molecule has 204 valence electrons. The van der Waals surface area contributed by atoms with Gasteiger partial charge in [-0.1, -0.05) is 128 Å². The van der Waals surface area contributed by atoms with Crippen LogP contribution in [-0.4, -0.2) is 32.7 Å². The third kappa shape index (κ3) is 10.4. The summed E-state index contributed by atoms with van der Waals surface area (Å²) in [5.41, 5.74) is 5.62. The first-order chi connectivity index (χ1) is 19.4. The van der Waals surface area contributed by atoms with E-state index in [9.17, 15) is 0 Å². The normalized spacial score (nSPS) is 11.9. The number of hydrogen-bond donors (Lipinski definition) is 0. The molecule has 0 bridgehead atoms. The Labute approximate surface area is 240 Å². The largest absolute Gasteiger partial charge is 0.424 e. The summed E-state index contributed by atoms with van der Waals surface area (Å²) in [7, 11) is -0.813. The molecule has 0 amide bonds. The predicted octanol–water partition coefficient (Wildman–Crippen LogP) is 7.64. The van der Waals surface area contributed by atoms with Crippen molar-refractivity contribution in [2.75, 3.05) is 13.2 Å². The van der Waals surface area contributed by atoms with Gasteiger partial charge in [-0.2, -0.15) is 0 Å². The van der Waals surface area contributed by atoms with Crippen molar-refractivity contribution in [1.82, 2.24) is 0 Å². The highest BCUT2D eigenvalue weighted by molar-refractivity contribution is 6.29. The van der Waals surface area contributed by atoms with Crippen molar-refractivity contribution in [2.45, 2.75) is 56.0 Å². The summed E-state index contributed by atoms with van der Waals surface area (Å²) < 4.78 is 12.2. The maximum atomic E-state index is 6.12. The fraction of sp³-hybridized carbons (Fsp3) is 0.314. The highest BCUT2D eigenvalue weighted by atomic mass is 28.2. The average Bonchev–Trinajstić information content (AvgIpc) is 3.01. The molecule has 39 heavy (non-hydrogen) atoms. The minimum absolute atomic E-state index is 0.407. The Hall–Kier alpha value is -2.77. The van der Waals surface area contributed by atoms with Crippen LogP contribution in [-0.2, 0) is 8.85 Å². The molecule has 4 rings (SSSR count). The summed E-state index contributed by atoms with van der Waals surface area (Å²) in [5.74, 6) is 0.910. The summed E-state index contributed by atoms with van der Waals surface area (Å²) in [6, 6.07) is 46.2. The van der Waals surface area contributed by atoms with Crippen LogP contribution < -0.4 is 0 Å². The van der Waals surface area contributed by atoms with Gasteiger partial charge >= 0.3 is 0 Å². The van der Waals surface area contributed by atoms with Gasteiger partial charge in [-0.3, -0.25) is 0 Å². The molecule has 0 saturated heterocycles. The number of rotatable bonds is 18. The highest BCUT2D eigenvalue weighted by Crippen LogP contribution is 2.30. The second kappa shape index (κ2) is 17.7. The minimum Gasteiger partial charge on any atom is -0.424 e.